The molecule has 5 heteroatoms. The van der Waals surface area contributed by atoms with Crippen LogP contribution in [0.3, 0.4) is 0 Å². The highest BCUT2D eigenvalue weighted by Crippen LogP contribution is 2.27. The van der Waals surface area contributed by atoms with E-state index >= 15 is 0 Å². The van der Waals surface area contributed by atoms with Gasteiger partial charge in [-0.15, -0.1) is 0 Å². The summed E-state index contributed by atoms with van der Waals surface area (Å²) in [6, 6.07) is 0. The largest absolute Gasteiger partial charge is 0.478 e. The second-order valence-corrected chi connectivity index (χ2v) is 2.78. The third-order valence-corrected chi connectivity index (χ3v) is 2.04. The summed E-state index contributed by atoms with van der Waals surface area (Å²) in [6.45, 7) is 0.601. The predicted molar refractivity (Wildman–Crippen MR) is 38.8 cm³/mol. The molecule has 0 amide bonds. The first kappa shape index (κ1) is 7.30. The van der Waals surface area contributed by atoms with E-state index < -0.39 is 12.1 Å². The van der Waals surface area contributed by atoms with Gasteiger partial charge in [0.1, 0.15) is 5.56 Å². The van der Waals surface area contributed by atoms with Crippen molar-refractivity contribution in [3.8, 4) is 0 Å². The van der Waals surface area contributed by atoms with Gasteiger partial charge < -0.3 is 10.2 Å². The third-order valence-electron chi connectivity index (χ3n) is 2.04. The Morgan fingerprint density at radius 2 is 2.50 bits per heavy atom. The summed E-state index contributed by atoms with van der Waals surface area (Å²) in [5.74, 6) is -1.03. The number of rotatable bonds is 1. The summed E-state index contributed by atoms with van der Waals surface area (Å²) >= 11 is 0. The fourth-order valence-corrected chi connectivity index (χ4v) is 1.47. The van der Waals surface area contributed by atoms with Gasteiger partial charge in [0.2, 0.25) is 0 Å². The quantitative estimate of drug-likeness (QED) is 0.619. The van der Waals surface area contributed by atoms with E-state index in [4.69, 9.17) is 5.11 Å². The summed E-state index contributed by atoms with van der Waals surface area (Å²) in [5.41, 5.74) is 0.544. The molecule has 0 aliphatic carbocycles. The van der Waals surface area contributed by atoms with Gasteiger partial charge in [-0.3, -0.25) is 4.68 Å². The van der Waals surface area contributed by atoms with Crippen LogP contribution in [0.2, 0.25) is 0 Å². The van der Waals surface area contributed by atoms with Gasteiger partial charge in [-0.2, -0.15) is 5.10 Å². The fourth-order valence-electron chi connectivity index (χ4n) is 1.47. The van der Waals surface area contributed by atoms with Crippen molar-refractivity contribution >= 4 is 5.97 Å². The van der Waals surface area contributed by atoms with E-state index in [-0.39, 0.29) is 5.56 Å². The minimum Gasteiger partial charge on any atom is -0.478 e. The number of aromatic nitrogens is 2. The van der Waals surface area contributed by atoms with E-state index in [9.17, 15) is 9.90 Å². The maximum Gasteiger partial charge on any atom is 0.339 e. The van der Waals surface area contributed by atoms with Crippen molar-refractivity contribution in [2.45, 2.75) is 19.1 Å². The van der Waals surface area contributed by atoms with Crippen LogP contribution in [0.5, 0.6) is 0 Å². The molecule has 0 bridgehead atoms. The van der Waals surface area contributed by atoms with Crippen LogP contribution in [0.4, 0.5) is 0 Å². The molecular weight excluding hydrogens is 160 g/mol. The fraction of sp³-hybridized carbons (Fsp3) is 0.429. The van der Waals surface area contributed by atoms with Gasteiger partial charge in [0.25, 0.3) is 0 Å². The number of carboxylic acids is 1. The van der Waals surface area contributed by atoms with Gasteiger partial charge in [-0.1, -0.05) is 0 Å². The first-order valence-corrected chi connectivity index (χ1v) is 3.67. The zero-order valence-electron chi connectivity index (χ0n) is 6.27. The van der Waals surface area contributed by atoms with Gasteiger partial charge in [-0.05, 0) is 6.42 Å². The molecule has 1 atom stereocenters. The van der Waals surface area contributed by atoms with Crippen LogP contribution in [0.1, 0.15) is 28.6 Å². The maximum absolute atomic E-state index is 10.6. The monoisotopic (exact) mass is 168 g/mol. The molecule has 0 saturated heterocycles. The zero-order chi connectivity index (χ0) is 8.72. The van der Waals surface area contributed by atoms with Crippen molar-refractivity contribution in [1.29, 1.82) is 0 Å². The van der Waals surface area contributed by atoms with Crippen molar-refractivity contribution in [3.63, 3.8) is 0 Å². The molecule has 12 heavy (non-hydrogen) atoms. The Morgan fingerprint density at radius 3 is 3.17 bits per heavy atom. The molecule has 1 aromatic heterocycles. The van der Waals surface area contributed by atoms with E-state index in [2.05, 4.69) is 5.10 Å². The molecule has 0 radical (unpaired) electrons. The molecule has 0 saturated carbocycles. The van der Waals surface area contributed by atoms with Crippen LogP contribution >= 0.6 is 0 Å². The Kier molecular flexibility index (Phi) is 1.41. The number of carboxylic acid groups (broad SMARTS) is 1. The first-order valence-electron chi connectivity index (χ1n) is 3.67. The number of nitrogens with zero attached hydrogens (tertiary/aromatic N) is 2. The minimum absolute atomic E-state index is 0.111. The molecule has 64 valence electrons. The molecule has 5 nitrogen and oxygen atoms in total. The van der Waals surface area contributed by atoms with Gasteiger partial charge in [-0.25, -0.2) is 4.79 Å². The lowest BCUT2D eigenvalue weighted by Gasteiger charge is -1.99. The summed E-state index contributed by atoms with van der Waals surface area (Å²) < 4.78 is 1.54. The second-order valence-electron chi connectivity index (χ2n) is 2.78. The van der Waals surface area contributed by atoms with E-state index in [1.54, 1.807) is 0 Å². The van der Waals surface area contributed by atoms with Crippen molar-refractivity contribution in [1.82, 2.24) is 9.78 Å². The number of aryl methyl sites for hydroxylation is 1. The van der Waals surface area contributed by atoms with Gasteiger partial charge in [0.05, 0.1) is 18.0 Å². The third kappa shape index (κ3) is 0.831. The standard InChI is InChI=1S/C7H8N2O3/c10-5-1-2-9-6(5)4(3-8-9)7(11)12/h3,5,10H,1-2H2,(H,11,12). The Morgan fingerprint density at radius 1 is 1.75 bits per heavy atom. The van der Waals surface area contributed by atoms with Crippen molar-refractivity contribution in [2.75, 3.05) is 0 Å². The second kappa shape index (κ2) is 2.31. The first-order chi connectivity index (χ1) is 5.70. The molecule has 0 spiro atoms. The SMILES string of the molecule is O=C(O)c1cnn2c1C(O)CC2. The Balaban J connectivity index is 2.53. The summed E-state index contributed by atoms with van der Waals surface area (Å²) in [5, 5.41) is 21.9. The van der Waals surface area contributed by atoms with Crippen LogP contribution in [0.15, 0.2) is 6.20 Å². The van der Waals surface area contributed by atoms with Gasteiger partial charge >= 0.3 is 5.97 Å². The highest BCUT2D eigenvalue weighted by atomic mass is 16.4. The van der Waals surface area contributed by atoms with Crippen LogP contribution in [0.25, 0.3) is 0 Å². The number of hydrogen-bond acceptors (Lipinski definition) is 3. The minimum atomic E-state index is -1.03. The number of hydrogen-bond donors (Lipinski definition) is 2. The Labute approximate surface area is 68.2 Å². The normalized spacial score (nSPS) is 20.9. The zero-order valence-corrected chi connectivity index (χ0v) is 6.27. The average Bonchev–Trinajstić information content (AvgIpc) is 2.53. The number of fused-ring (bicyclic) bond motifs is 1. The lowest BCUT2D eigenvalue weighted by atomic mass is 10.1. The summed E-state index contributed by atoms with van der Waals surface area (Å²) in [7, 11) is 0. The molecule has 1 aromatic rings. The maximum atomic E-state index is 10.6. The topological polar surface area (TPSA) is 75.3 Å². The molecule has 2 heterocycles. The van der Waals surface area contributed by atoms with E-state index in [1.807, 2.05) is 0 Å². The van der Waals surface area contributed by atoms with Crippen LogP contribution < -0.4 is 0 Å². The molecule has 1 aliphatic heterocycles. The smallest absolute Gasteiger partial charge is 0.339 e. The number of aromatic carboxylic acids is 1. The van der Waals surface area contributed by atoms with Gasteiger partial charge in [0.15, 0.2) is 0 Å². The van der Waals surface area contributed by atoms with Crippen molar-refractivity contribution in [2.24, 2.45) is 0 Å². The van der Waals surface area contributed by atoms with Gasteiger partial charge in [0, 0.05) is 6.54 Å². The van der Waals surface area contributed by atoms with Crippen LogP contribution in [0, 0.1) is 0 Å². The van der Waals surface area contributed by atoms with E-state index in [0.29, 0.717) is 18.7 Å². The molecule has 1 unspecified atom stereocenters. The Bertz CT molecular complexity index is 331. The van der Waals surface area contributed by atoms with Crippen molar-refractivity contribution in [3.05, 3.63) is 17.5 Å². The van der Waals surface area contributed by atoms with Crippen molar-refractivity contribution < 1.29 is 15.0 Å². The molecule has 1 aliphatic rings. The summed E-state index contributed by atoms with van der Waals surface area (Å²) in [6.07, 6.45) is 1.17. The molecular formula is C7H8N2O3. The average molecular weight is 168 g/mol. The molecule has 2 N–H and O–H groups in total. The number of carbonyl (C=O) groups is 1. The Hall–Kier alpha value is -1.36. The highest BCUT2D eigenvalue weighted by molar-refractivity contribution is 5.88. The van der Waals surface area contributed by atoms with E-state index in [1.165, 1.54) is 10.9 Å². The predicted octanol–water partition coefficient (Wildman–Crippen LogP) is 0.0184. The van der Waals surface area contributed by atoms with E-state index in [0.717, 1.165) is 0 Å². The number of aliphatic hydroxyl groups excluding tert-OH is 1. The molecule has 2 rings (SSSR count). The number of aliphatic hydroxyl groups is 1. The van der Waals surface area contributed by atoms with Crippen LogP contribution in [-0.4, -0.2) is 26.0 Å². The van der Waals surface area contributed by atoms with Crippen LogP contribution in [-0.2, 0) is 6.54 Å². The molecule has 0 aromatic carbocycles. The summed E-state index contributed by atoms with van der Waals surface area (Å²) in [4.78, 5) is 10.6. The lowest BCUT2D eigenvalue weighted by Crippen LogP contribution is -2.03. The highest BCUT2D eigenvalue weighted by Gasteiger charge is 2.27. The lowest BCUT2D eigenvalue weighted by molar-refractivity contribution is 0.0690. The molecule has 0 fully saturated rings.